The van der Waals surface area contributed by atoms with Crippen LogP contribution in [-0.4, -0.2) is 11.0 Å². The van der Waals surface area contributed by atoms with E-state index in [0.29, 0.717) is 10.6 Å². The number of rotatable bonds is 2. The van der Waals surface area contributed by atoms with Crippen molar-refractivity contribution in [1.82, 2.24) is 10.9 Å². The molecule has 114 valence electrons. The highest BCUT2D eigenvalue weighted by molar-refractivity contribution is 7.80. The highest BCUT2D eigenvalue weighted by Crippen LogP contribution is 2.22. The minimum absolute atomic E-state index is 0.0403. The zero-order chi connectivity index (χ0) is 16.1. The standard InChI is InChI=1S/C14H10Cl2FN3OS/c15-9-6-5-8(7-10(9)16)13(21)19-20-14(22)18-12-4-2-1-3-11(12)17/h1-7H,(H,19,21)(H2,18,20,22). The van der Waals surface area contributed by atoms with Crippen molar-refractivity contribution in [2.75, 3.05) is 5.32 Å². The van der Waals surface area contributed by atoms with Crippen LogP contribution in [0.1, 0.15) is 10.4 Å². The number of hydrogen-bond donors (Lipinski definition) is 3. The van der Waals surface area contributed by atoms with Gasteiger partial charge in [0.1, 0.15) is 5.82 Å². The van der Waals surface area contributed by atoms with Gasteiger partial charge < -0.3 is 5.32 Å². The second-order valence-electron chi connectivity index (χ2n) is 4.14. The normalized spacial score (nSPS) is 9.95. The van der Waals surface area contributed by atoms with Gasteiger partial charge in [0.25, 0.3) is 5.91 Å². The summed E-state index contributed by atoms with van der Waals surface area (Å²) in [5.74, 6) is -0.918. The van der Waals surface area contributed by atoms with Crippen molar-refractivity contribution < 1.29 is 9.18 Å². The first-order valence-corrected chi connectivity index (χ1v) is 7.20. The molecule has 0 saturated heterocycles. The van der Waals surface area contributed by atoms with Crippen LogP contribution in [0.15, 0.2) is 42.5 Å². The maximum absolute atomic E-state index is 13.4. The van der Waals surface area contributed by atoms with Crippen LogP contribution in [0, 0.1) is 5.82 Å². The van der Waals surface area contributed by atoms with Gasteiger partial charge in [0.15, 0.2) is 5.11 Å². The van der Waals surface area contributed by atoms with Crippen molar-refractivity contribution in [2.24, 2.45) is 0 Å². The average Bonchev–Trinajstić information content (AvgIpc) is 2.50. The van der Waals surface area contributed by atoms with E-state index in [2.05, 4.69) is 16.2 Å². The summed E-state index contributed by atoms with van der Waals surface area (Å²) in [6, 6.07) is 10.5. The molecule has 0 heterocycles. The number of carbonyl (C=O) groups is 1. The number of nitrogens with one attached hydrogen (secondary N) is 3. The van der Waals surface area contributed by atoms with Crippen molar-refractivity contribution in [3.05, 3.63) is 63.9 Å². The highest BCUT2D eigenvalue weighted by Gasteiger charge is 2.09. The lowest BCUT2D eigenvalue weighted by atomic mass is 10.2. The van der Waals surface area contributed by atoms with E-state index >= 15 is 0 Å². The van der Waals surface area contributed by atoms with Crippen LogP contribution in [0.4, 0.5) is 10.1 Å². The van der Waals surface area contributed by atoms with Crippen molar-refractivity contribution >= 4 is 52.1 Å². The summed E-state index contributed by atoms with van der Waals surface area (Å²) in [7, 11) is 0. The van der Waals surface area contributed by atoms with Gasteiger partial charge in [-0.05, 0) is 42.5 Å². The lowest BCUT2D eigenvalue weighted by Crippen LogP contribution is -2.43. The summed E-state index contributed by atoms with van der Waals surface area (Å²) >= 11 is 16.6. The number of para-hydroxylation sites is 1. The third-order valence-corrected chi connectivity index (χ3v) is 3.54. The van der Waals surface area contributed by atoms with Crippen LogP contribution in [0.25, 0.3) is 0 Å². The van der Waals surface area contributed by atoms with Gasteiger partial charge in [-0.3, -0.25) is 15.6 Å². The number of thiocarbonyl (C=S) groups is 1. The topological polar surface area (TPSA) is 53.2 Å². The molecular formula is C14H10Cl2FN3OS. The molecule has 2 aromatic carbocycles. The van der Waals surface area contributed by atoms with Crippen LogP contribution in [0.2, 0.25) is 10.0 Å². The minimum Gasteiger partial charge on any atom is -0.329 e. The monoisotopic (exact) mass is 357 g/mol. The molecule has 4 nitrogen and oxygen atoms in total. The zero-order valence-electron chi connectivity index (χ0n) is 11.0. The third kappa shape index (κ3) is 4.30. The fraction of sp³-hybridized carbons (Fsp3) is 0. The highest BCUT2D eigenvalue weighted by atomic mass is 35.5. The molecule has 0 saturated carbocycles. The van der Waals surface area contributed by atoms with Gasteiger partial charge >= 0.3 is 0 Å². The molecule has 0 radical (unpaired) electrons. The minimum atomic E-state index is -0.462. The summed E-state index contributed by atoms with van der Waals surface area (Å²) in [5, 5.41) is 3.28. The molecule has 2 aromatic rings. The second-order valence-corrected chi connectivity index (χ2v) is 5.36. The van der Waals surface area contributed by atoms with Gasteiger partial charge in [-0.25, -0.2) is 4.39 Å². The van der Waals surface area contributed by atoms with Crippen molar-refractivity contribution in [1.29, 1.82) is 0 Å². The summed E-state index contributed by atoms with van der Waals surface area (Å²) in [6.07, 6.45) is 0. The Morgan fingerprint density at radius 2 is 1.77 bits per heavy atom. The van der Waals surface area contributed by atoms with E-state index in [0.717, 1.165) is 0 Å². The molecule has 0 aliphatic heterocycles. The van der Waals surface area contributed by atoms with E-state index in [1.807, 2.05) is 0 Å². The molecule has 3 N–H and O–H groups in total. The Labute approximate surface area is 141 Å². The number of carbonyl (C=O) groups excluding carboxylic acids is 1. The van der Waals surface area contributed by atoms with E-state index in [1.54, 1.807) is 12.1 Å². The van der Waals surface area contributed by atoms with Crippen molar-refractivity contribution in [3.8, 4) is 0 Å². The fourth-order valence-corrected chi connectivity index (χ4v) is 2.00. The third-order valence-electron chi connectivity index (χ3n) is 2.59. The summed E-state index contributed by atoms with van der Waals surface area (Å²) in [4.78, 5) is 11.9. The van der Waals surface area contributed by atoms with Crippen LogP contribution < -0.4 is 16.2 Å². The van der Waals surface area contributed by atoms with Gasteiger partial charge in [-0.2, -0.15) is 0 Å². The Bertz CT molecular complexity index is 727. The van der Waals surface area contributed by atoms with E-state index in [1.165, 1.54) is 30.3 Å². The second kappa shape index (κ2) is 7.40. The maximum Gasteiger partial charge on any atom is 0.269 e. The molecule has 0 atom stereocenters. The van der Waals surface area contributed by atoms with Crippen LogP contribution in [0.5, 0.6) is 0 Å². The summed E-state index contributed by atoms with van der Waals surface area (Å²) in [6.45, 7) is 0. The first-order chi connectivity index (χ1) is 10.5. The summed E-state index contributed by atoms with van der Waals surface area (Å²) < 4.78 is 13.4. The molecular weight excluding hydrogens is 348 g/mol. The van der Waals surface area contributed by atoms with Gasteiger partial charge in [0, 0.05) is 5.56 Å². The van der Waals surface area contributed by atoms with Crippen LogP contribution in [0.3, 0.4) is 0 Å². The van der Waals surface area contributed by atoms with E-state index in [-0.39, 0.29) is 15.8 Å². The quantitative estimate of drug-likeness (QED) is 0.565. The molecule has 22 heavy (non-hydrogen) atoms. The van der Waals surface area contributed by atoms with E-state index < -0.39 is 11.7 Å². The van der Waals surface area contributed by atoms with Crippen molar-refractivity contribution in [2.45, 2.75) is 0 Å². The Hall–Kier alpha value is -1.89. The van der Waals surface area contributed by atoms with Gasteiger partial charge in [0.2, 0.25) is 0 Å². The maximum atomic E-state index is 13.4. The molecule has 1 amide bonds. The number of halogens is 3. The Balaban J connectivity index is 1.92. The molecule has 0 bridgehead atoms. The Morgan fingerprint density at radius 1 is 1.05 bits per heavy atom. The molecule has 2 rings (SSSR count). The van der Waals surface area contributed by atoms with Crippen LogP contribution >= 0.6 is 35.4 Å². The number of hydrazine groups is 1. The molecule has 0 aliphatic rings. The molecule has 0 aromatic heterocycles. The predicted octanol–water partition coefficient (Wildman–Crippen LogP) is 3.76. The molecule has 0 aliphatic carbocycles. The van der Waals surface area contributed by atoms with Crippen molar-refractivity contribution in [3.63, 3.8) is 0 Å². The zero-order valence-corrected chi connectivity index (χ0v) is 13.3. The first kappa shape index (κ1) is 16.5. The van der Waals surface area contributed by atoms with Gasteiger partial charge in [0.05, 0.1) is 15.7 Å². The smallest absolute Gasteiger partial charge is 0.269 e. The predicted molar refractivity (Wildman–Crippen MR) is 89.7 cm³/mol. The summed E-state index contributed by atoms with van der Waals surface area (Å²) in [5.41, 5.74) is 5.34. The SMILES string of the molecule is O=C(NNC(=S)Nc1ccccc1F)c1ccc(Cl)c(Cl)c1. The lowest BCUT2D eigenvalue weighted by molar-refractivity contribution is 0.0944. The Morgan fingerprint density at radius 3 is 2.45 bits per heavy atom. The molecule has 0 spiro atoms. The molecule has 8 heteroatoms. The Kier molecular flexibility index (Phi) is 5.54. The van der Waals surface area contributed by atoms with E-state index in [9.17, 15) is 9.18 Å². The first-order valence-electron chi connectivity index (χ1n) is 6.04. The number of anilines is 1. The average molecular weight is 358 g/mol. The number of hydrogen-bond acceptors (Lipinski definition) is 2. The van der Waals surface area contributed by atoms with Crippen LogP contribution in [-0.2, 0) is 0 Å². The van der Waals surface area contributed by atoms with E-state index in [4.69, 9.17) is 35.4 Å². The number of benzene rings is 2. The molecule has 0 unspecified atom stereocenters. The van der Waals surface area contributed by atoms with Gasteiger partial charge in [-0.1, -0.05) is 35.3 Å². The fourth-order valence-electron chi connectivity index (χ4n) is 1.54. The largest absolute Gasteiger partial charge is 0.329 e. The lowest BCUT2D eigenvalue weighted by Gasteiger charge is -2.12. The molecule has 0 fully saturated rings. The van der Waals surface area contributed by atoms with Gasteiger partial charge in [-0.15, -0.1) is 0 Å². The number of amides is 1.